The summed E-state index contributed by atoms with van der Waals surface area (Å²) in [5.41, 5.74) is 0. The van der Waals surface area contributed by atoms with Gasteiger partial charge in [-0.2, -0.15) is 0 Å². The highest BCUT2D eigenvalue weighted by atomic mass is 16.5. The van der Waals surface area contributed by atoms with Gasteiger partial charge in [-0.15, -0.1) is 0 Å². The number of nitrogens with one attached hydrogen (secondary N) is 2. The zero-order valence-corrected chi connectivity index (χ0v) is 10.9. The molecule has 1 fully saturated rings. The first kappa shape index (κ1) is 14.8. The van der Waals surface area contributed by atoms with Crippen LogP contribution in [-0.4, -0.2) is 42.9 Å². The number of urea groups is 1. The largest absolute Gasteiger partial charge is 0.481 e. The Labute approximate surface area is 107 Å². The lowest BCUT2D eigenvalue weighted by Crippen LogP contribution is -2.41. The van der Waals surface area contributed by atoms with Gasteiger partial charge in [-0.25, -0.2) is 4.79 Å². The Morgan fingerprint density at radius 2 is 2.11 bits per heavy atom. The highest BCUT2D eigenvalue weighted by Gasteiger charge is 2.30. The predicted octanol–water partition coefficient (Wildman–Crippen LogP) is 0.821. The summed E-state index contributed by atoms with van der Waals surface area (Å²) in [6.45, 7) is 5.68. The monoisotopic (exact) mass is 258 g/mol. The van der Waals surface area contributed by atoms with Crippen molar-refractivity contribution in [2.24, 2.45) is 11.8 Å². The van der Waals surface area contributed by atoms with Crippen LogP contribution in [0, 0.1) is 11.8 Å². The van der Waals surface area contributed by atoms with Crippen LogP contribution in [0.4, 0.5) is 4.79 Å². The van der Waals surface area contributed by atoms with Gasteiger partial charge in [0.1, 0.15) is 0 Å². The first-order valence-electron chi connectivity index (χ1n) is 6.35. The first-order chi connectivity index (χ1) is 8.50. The minimum Gasteiger partial charge on any atom is -0.481 e. The summed E-state index contributed by atoms with van der Waals surface area (Å²) in [7, 11) is 0. The van der Waals surface area contributed by atoms with Crippen LogP contribution in [0.2, 0.25) is 0 Å². The van der Waals surface area contributed by atoms with Crippen molar-refractivity contribution in [3.63, 3.8) is 0 Å². The van der Waals surface area contributed by atoms with Crippen molar-refractivity contribution in [1.29, 1.82) is 0 Å². The maximum atomic E-state index is 11.4. The molecule has 1 aliphatic rings. The molecular weight excluding hydrogens is 236 g/mol. The van der Waals surface area contributed by atoms with Gasteiger partial charge >= 0.3 is 12.0 Å². The third-order valence-corrected chi connectivity index (χ3v) is 3.07. The molecule has 0 aromatic carbocycles. The van der Waals surface area contributed by atoms with Gasteiger partial charge in [0.2, 0.25) is 0 Å². The molecule has 0 aliphatic carbocycles. The van der Waals surface area contributed by atoms with Crippen LogP contribution in [0.25, 0.3) is 0 Å². The first-order valence-corrected chi connectivity index (χ1v) is 6.35. The van der Waals surface area contributed by atoms with Gasteiger partial charge in [0.15, 0.2) is 0 Å². The Kier molecular flexibility index (Phi) is 5.91. The number of amides is 2. The average molecular weight is 258 g/mol. The van der Waals surface area contributed by atoms with Crippen LogP contribution in [0.15, 0.2) is 0 Å². The van der Waals surface area contributed by atoms with E-state index in [1.807, 2.05) is 0 Å². The Balaban J connectivity index is 2.19. The molecule has 2 unspecified atom stereocenters. The number of ether oxygens (including phenoxy) is 1. The fourth-order valence-corrected chi connectivity index (χ4v) is 2.18. The van der Waals surface area contributed by atoms with Crippen LogP contribution in [-0.2, 0) is 9.53 Å². The zero-order chi connectivity index (χ0) is 13.5. The third-order valence-electron chi connectivity index (χ3n) is 3.07. The highest BCUT2D eigenvalue weighted by molar-refractivity contribution is 5.74. The summed E-state index contributed by atoms with van der Waals surface area (Å²) in [6.07, 6.45) is 1.09. The van der Waals surface area contributed by atoms with E-state index in [-0.39, 0.29) is 25.1 Å². The molecule has 2 amide bonds. The van der Waals surface area contributed by atoms with E-state index in [4.69, 9.17) is 9.84 Å². The van der Waals surface area contributed by atoms with E-state index in [0.717, 1.165) is 13.0 Å². The van der Waals surface area contributed by atoms with Crippen molar-refractivity contribution in [3.05, 3.63) is 0 Å². The Morgan fingerprint density at radius 1 is 1.39 bits per heavy atom. The summed E-state index contributed by atoms with van der Waals surface area (Å²) < 4.78 is 5.62. The summed E-state index contributed by atoms with van der Waals surface area (Å²) in [6, 6.07) is -0.314. The van der Waals surface area contributed by atoms with E-state index < -0.39 is 5.97 Å². The van der Waals surface area contributed by atoms with Crippen LogP contribution >= 0.6 is 0 Å². The van der Waals surface area contributed by atoms with Crippen molar-refractivity contribution < 1.29 is 19.4 Å². The molecule has 1 aliphatic heterocycles. The maximum Gasteiger partial charge on any atom is 0.314 e. The fraction of sp³-hybridized carbons (Fsp3) is 0.833. The number of carbonyl (C=O) groups excluding carboxylic acids is 1. The molecule has 0 radical (unpaired) electrons. The van der Waals surface area contributed by atoms with Crippen molar-refractivity contribution in [1.82, 2.24) is 10.6 Å². The van der Waals surface area contributed by atoms with E-state index in [1.54, 1.807) is 0 Å². The summed E-state index contributed by atoms with van der Waals surface area (Å²) in [5.74, 6) is -0.135. The van der Waals surface area contributed by atoms with Gasteiger partial charge in [0, 0.05) is 25.6 Å². The van der Waals surface area contributed by atoms with Crippen molar-refractivity contribution in [2.45, 2.75) is 32.8 Å². The minimum absolute atomic E-state index is 0.0609. The van der Waals surface area contributed by atoms with E-state index >= 15 is 0 Å². The molecule has 6 nitrogen and oxygen atoms in total. The van der Waals surface area contributed by atoms with Gasteiger partial charge in [-0.1, -0.05) is 13.8 Å². The Hall–Kier alpha value is -1.30. The van der Waals surface area contributed by atoms with E-state index in [2.05, 4.69) is 24.5 Å². The molecule has 0 spiro atoms. The SMILES string of the molecule is CC(C)C1OCCC1CNC(=O)NCCC(=O)O. The van der Waals surface area contributed by atoms with Crippen LogP contribution < -0.4 is 10.6 Å². The number of hydrogen-bond donors (Lipinski definition) is 3. The highest BCUT2D eigenvalue weighted by Crippen LogP contribution is 2.25. The molecular formula is C12H22N2O4. The standard InChI is InChI=1S/C12H22N2O4/c1-8(2)11-9(4-6-18-11)7-14-12(17)13-5-3-10(15)16/h8-9,11H,3-7H2,1-2H3,(H,15,16)(H2,13,14,17). The lowest BCUT2D eigenvalue weighted by atomic mass is 9.93. The second kappa shape index (κ2) is 7.20. The van der Waals surface area contributed by atoms with E-state index in [0.29, 0.717) is 18.4 Å². The number of carbonyl (C=O) groups is 2. The number of carboxylic acid groups (broad SMARTS) is 1. The number of carboxylic acids is 1. The van der Waals surface area contributed by atoms with E-state index in [1.165, 1.54) is 0 Å². The molecule has 0 saturated carbocycles. The second-order valence-corrected chi connectivity index (χ2v) is 4.91. The molecule has 0 aromatic heterocycles. The number of hydrogen-bond acceptors (Lipinski definition) is 3. The molecule has 0 bridgehead atoms. The molecule has 0 aromatic rings. The molecule has 2 atom stereocenters. The van der Waals surface area contributed by atoms with Crippen LogP contribution in [0.1, 0.15) is 26.7 Å². The van der Waals surface area contributed by atoms with Crippen LogP contribution in [0.3, 0.4) is 0 Å². The van der Waals surface area contributed by atoms with Gasteiger partial charge in [0.05, 0.1) is 12.5 Å². The number of rotatable bonds is 6. The molecule has 1 saturated heterocycles. The predicted molar refractivity (Wildman–Crippen MR) is 66.3 cm³/mol. The fourth-order valence-electron chi connectivity index (χ4n) is 2.18. The Bertz CT molecular complexity index is 294. The lowest BCUT2D eigenvalue weighted by molar-refractivity contribution is -0.136. The summed E-state index contributed by atoms with van der Waals surface area (Å²) in [5, 5.41) is 13.7. The summed E-state index contributed by atoms with van der Waals surface area (Å²) >= 11 is 0. The van der Waals surface area contributed by atoms with Gasteiger partial charge in [-0.05, 0) is 12.3 Å². The average Bonchev–Trinajstić information content (AvgIpc) is 2.74. The van der Waals surface area contributed by atoms with Crippen molar-refractivity contribution in [3.8, 4) is 0 Å². The molecule has 104 valence electrons. The number of aliphatic carboxylic acids is 1. The van der Waals surface area contributed by atoms with Crippen LogP contribution in [0.5, 0.6) is 0 Å². The lowest BCUT2D eigenvalue weighted by Gasteiger charge is -2.22. The topological polar surface area (TPSA) is 87.7 Å². The van der Waals surface area contributed by atoms with E-state index in [9.17, 15) is 9.59 Å². The van der Waals surface area contributed by atoms with Crippen molar-refractivity contribution >= 4 is 12.0 Å². The van der Waals surface area contributed by atoms with Crippen molar-refractivity contribution in [2.75, 3.05) is 19.7 Å². The zero-order valence-electron chi connectivity index (χ0n) is 10.9. The maximum absolute atomic E-state index is 11.4. The Morgan fingerprint density at radius 3 is 2.72 bits per heavy atom. The summed E-state index contributed by atoms with van der Waals surface area (Å²) in [4.78, 5) is 21.7. The normalized spacial score (nSPS) is 23.1. The molecule has 1 rings (SSSR count). The van der Waals surface area contributed by atoms with Gasteiger partial charge in [-0.3, -0.25) is 4.79 Å². The smallest absolute Gasteiger partial charge is 0.314 e. The third kappa shape index (κ3) is 4.91. The molecule has 6 heteroatoms. The van der Waals surface area contributed by atoms with Gasteiger partial charge < -0.3 is 20.5 Å². The quantitative estimate of drug-likeness (QED) is 0.658. The molecule has 3 N–H and O–H groups in total. The minimum atomic E-state index is -0.917. The second-order valence-electron chi connectivity index (χ2n) is 4.91. The van der Waals surface area contributed by atoms with Gasteiger partial charge in [0.25, 0.3) is 0 Å². The molecule has 18 heavy (non-hydrogen) atoms. The molecule has 1 heterocycles.